The number of fused-ring (bicyclic) bond motifs is 1. The lowest BCUT2D eigenvalue weighted by atomic mass is 9.96. The number of nitrogens with zero attached hydrogens (tertiary/aromatic N) is 3. The van der Waals surface area contributed by atoms with Gasteiger partial charge in [0, 0.05) is 17.4 Å². The number of hydrogen-bond donors (Lipinski definition) is 1. The van der Waals surface area contributed by atoms with E-state index in [-0.39, 0.29) is 6.04 Å². The van der Waals surface area contributed by atoms with Crippen molar-refractivity contribution < 1.29 is 10.3 Å². The predicted octanol–water partition coefficient (Wildman–Crippen LogP) is 4.98. The highest BCUT2D eigenvalue weighted by Gasteiger charge is 2.16. The van der Waals surface area contributed by atoms with Gasteiger partial charge in [-0.2, -0.15) is 0 Å². The molecule has 136 valence electrons. The first-order valence-corrected chi connectivity index (χ1v) is 8.47. The molecule has 3 aromatic carbocycles. The van der Waals surface area contributed by atoms with Crippen molar-refractivity contribution in [3.8, 4) is 0 Å². The number of aromatic nitrogens is 2. The van der Waals surface area contributed by atoms with Crippen LogP contribution in [0.25, 0.3) is 10.8 Å². The first-order chi connectivity index (χ1) is 13.0. The number of halogens is 1. The minimum Gasteiger partial charge on any atom is -0.328 e. The zero-order valence-corrected chi connectivity index (χ0v) is 14.9. The van der Waals surface area contributed by atoms with Gasteiger partial charge in [0.15, 0.2) is 0 Å². The quantitative estimate of drug-likeness (QED) is 0.401. The second-order valence-electron chi connectivity index (χ2n) is 5.81. The Labute approximate surface area is 160 Å². The fourth-order valence-corrected chi connectivity index (χ4v) is 3.11. The lowest BCUT2D eigenvalue weighted by Crippen LogP contribution is -2.10. The highest BCUT2D eigenvalue weighted by molar-refractivity contribution is 6.30. The minimum atomic E-state index is -1.50. The average molecular weight is 382 g/mol. The molecule has 1 atom stereocenters. The van der Waals surface area contributed by atoms with E-state index in [9.17, 15) is 0 Å². The van der Waals surface area contributed by atoms with Gasteiger partial charge in [-0.25, -0.2) is 4.98 Å². The molecule has 1 unspecified atom stereocenters. The average Bonchev–Trinajstić information content (AvgIpc) is 3.17. The van der Waals surface area contributed by atoms with Crippen molar-refractivity contribution in [1.29, 1.82) is 0 Å². The molecule has 7 heteroatoms. The van der Waals surface area contributed by atoms with Gasteiger partial charge in [0.25, 0.3) is 5.09 Å². The van der Waals surface area contributed by atoms with Crippen LogP contribution in [-0.2, 0) is 0 Å². The van der Waals surface area contributed by atoms with E-state index in [4.69, 9.17) is 26.9 Å². The van der Waals surface area contributed by atoms with Crippen LogP contribution in [0.2, 0.25) is 5.02 Å². The summed E-state index contributed by atoms with van der Waals surface area (Å²) in [6.45, 7) is 0. The molecule has 4 aromatic rings. The second kappa shape index (κ2) is 8.33. The normalized spacial score (nSPS) is 11.4. The van der Waals surface area contributed by atoms with Gasteiger partial charge in [-0.15, -0.1) is 10.1 Å². The maximum absolute atomic E-state index is 8.36. The summed E-state index contributed by atoms with van der Waals surface area (Å²) in [5.41, 5.74) is 2.41. The fraction of sp³-hybridized carbons (Fsp3) is 0.0500. The monoisotopic (exact) mass is 381 g/mol. The largest absolute Gasteiger partial charge is 0.328 e. The SMILES string of the molecule is Clc1ccc(C(c2ccc3ccccc3c2)n2ccnc2)cc1.O=[N+]([O-])O. The van der Waals surface area contributed by atoms with Crippen LogP contribution in [0, 0.1) is 10.1 Å². The molecule has 0 saturated carbocycles. The van der Waals surface area contributed by atoms with Crippen molar-refractivity contribution in [2.45, 2.75) is 6.04 Å². The van der Waals surface area contributed by atoms with Crippen molar-refractivity contribution in [2.75, 3.05) is 0 Å². The summed E-state index contributed by atoms with van der Waals surface area (Å²) >= 11 is 6.05. The van der Waals surface area contributed by atoms with Crippen LogP contribution >= 0.6 is 11.6 Å². The summed E-state index contributed by atoms with van der Waals surface area (Å²) in [5.74, 6) is 0. The lowest BCUT2D eigenvalue weighted by Gasteiger charge is -2.20. The Morgan fingerprint density at radius 3 is 2.26 bits per heavy atom. The van der Waals surface area contributed by atoms with Gasteiger partial charge in [0.05, 0.1) is 12.4 Å². The standard InChI is InChI=1S/C20H15ClN2.HNO3/c21-19-9-7-16(8-10-19)20(23-12-11-22-14-23)18-6-5-15-3-1-2-4-17(15)13-18;2-1(3)4/h1-14,20H;(H,2,3,4). The van der Waals surface area contributed by atoms with E-state index in [1.165, 1.54) is 21.9 Å². The second-order valence-corrected chi connectivity index (χ2v) is 6.24. The summed E-state index contributed by atoms with van der Waals surface area (Å²) in [6.07, 6.45) is 5.66. The molecule has 1 N–H and O–H groups in total. The van der Waals surface area contributed by atoms with Gasteiger partial charge >= 0.3 is 0 Å². The van der Waals surface area contributed by atoms with Crippen LogP contribution < -0.4 is 0 Å². The van der Waals surface area contributed by atoms with Gasteiger partial charge in [0.1, 0.15) is 0 Å². The zero-order valence-electron chi connectivity index (χ0n) is 14.1. The molecule has 0 radical (unpaired) electrons. The molecule has 0 amide bonds. The molecule has 0 fully saturated rings. The van der Waals surface area contributed by atoms with E-state index in [0.29, 0.717) is 0 Å². The van der Waals surface area contributed by atoms with Gasteiger partial charge in [-0.1, -0.05) is 60.1 Å². The molecular weight excluding hydrogens is 366 g/mol. The third-order valence-electron chi connectivity index (χ3n) is 4.10. The molecule has 6 nitrogen and oxygen atoms in total. The summed E-state index contributed by atoms with van der Waals surface area (Å²) in [6, 6.07) is 23.1. The summed E-state index contributed by atoms with van der Waals surface area (Å²) in [4.78, 5) is 12.6. The van der Waals surface area contributed by atoms with E-state index in [0.717, 1.165) is 5.02 Å². The highest BCUT2D eigenvalue weighted by atomic mass is 35.5. The minimum absolute atomic E-state index is 0.0828. The molecule has 0 saturated heterocycles. The van der Waals surface area contributed by atoms with E-state index in [1.54, 1.807) is 0 Å². The molecule has 0 spiro atoms. The van der Waals surface area contributed by atoms with Gasteiger partial charge in [-0.05, 0) is 40.1 Å². The van der Waals surface area contributed by atoms with Gasteiger partial charge in [-0.3, -0.25) is 0 Å². The lowest BCUT2D eigenvalue weighted by molar-refractivity contribution is -0.742. The molecule has 0 aliphatic carbocycles. The van der Waals surface area contributed by atoms with Crippen LogP contribution in [0.1, 0.15) is 17.2 Å². The van der Waals surface area contributed by atoms with Gasteiger partial charge < -0.3 is 9.77 Å². The summed E-state index contributed by atoms with van der Waals surface area (Å²) in [5, 5.41) is 16.9. The van der Waals surface area contributed by atoms with E-state index in [1.807, 2.05) is 30.9 Å². The molecule has 1 heterocycles. The van der Waals surface area contributed by atoms with Crippen LogP contribution in [0.5, 0.6) is 0 Å². The molecule has 0 bridgehead atoms. The first-order valence-electron chi connectivity index (χ1n) is 8.09. The zero-order chi connectivity index (χ0) is 19.2. The Hall–Kier alpha value is -3.38. The molecule has 27 heavy (non-hydrogen) atoms. The smallest absolute Gasteiger partial charge is 0.291 e. The van der Waals surface area contributed by atoms with E-state index < -0.39 is 5.09 Å². The molecule has 4 rings (SSSR count). The van der Waals surface area contributed by atoms with Crippen molar-refractivity contribution in [1.82, 2.24) is 9.55 Å². The highest BCUT2D eigenvalue weighted by Crippen LogP contribution is 2.29. The van der Waals surface area contributed by atoms with E-state index >= 15 is 0 Å². The van der Waals surface area contributed by atoms with Crippen LogP contribution in [0.3, 0.4) is 0 Å². The molecule has 0 aliphatic rings. The molecule has 0 aliphatic heterocycles. The molecular formula is C20H16ClN3O3. The Kier molecular flexibility index (Phi) is 5.68. The number of benzene rings is 3. The van der Waals surface area contributed by atoms with Crippen molar-refractivity contribution in [2.24, 2.45) is 0 Å². The summed E-state index contributed by atoms with van der Waals surface area (Å²) < 4.78 is 2.12. The topological polar surface area (TPSA) is 81.2 Å². The van der Waals surface area contributed by atoms with Crippen molar-refractivity contribution in [3.05, 3.63) is 112 Å². The van der Waals surface area contributed by atoms with Crippen LogP contribution in [0.15, 0.2) is 85.5 Å². The van der Waals surface area contributed by atoms with Crippen molar-refractivity contribution >= 4 is 22.4 Å². The third-order valence-corrected chi connectivity index (χ3v) is 4.35. The Bertz CT molecular complexity index is 1030. The Morgan fingerprint density at radius 1 is 1.00 bits per heavy atom. The van der Waals surface area contributed by atoms with E-state index in [2.05, 4.69) is 64.1 Å². The maximum Gasteiger partial charge on any atom is 0.291 e. The predicted molar refractivity (Wildman–Crippen MR) is 104 cm³/mol. The third kappa shape index (κ3) is 4.62. The molecule has 1 aromatic heterocycles. The van der Waals surface area contributed by atoms with Gasteiger partial charge in [0.2, 0.25) is 0 Å². The first kappa shape index (κ1) is 18.4. The number of rotatable bonds is 3. The van der Waals surface area contributed by atoms with Crippen LogP contribution in [0.4, 0.5) is 0 Å². The summed E-state index contributed by atoms with van der Waals surface area (Å²) in [7, 11) is 0. The van der Waals surface area contributed by atoms with Crippen LogP contribution in [-0.4, -0.2) is 19.8 Å². The number of hydrogen-bond acceptors (Lipinski definition) is 3. The Morgan fingerprint density at radius 2 is 1.63 bits per heavy atom. The fourth-order valence-electron chi connectivity index (χ4n) is 2.98. The maximum atomic E-state index is 8.36. The van der Waals surface area contributed by atoms with Crippen molar-refractivity contribution in [3.63, 3.8) is 0 Å². The Balaban J connectivity index is 0.000000481. The number of imidazole rings is 1.